The minimum absolute atomic E-state index is 0. The van der Waals surface area contributed by atoms with Crippen LogP contribution in [-0.4, -0.2) is 16.6 Å². The average Bonchev–Trinajstić information content (AvgIpc) is 2.21. The summed E-state index contributed by atoms with van der Waals surface area (Å²) in [6.45, 7) is 0. The number of carbonyl (C=O) groups is 1. The van der Waals surface area contributed by atoms with Gasteiger partial charge in [-0.2, -0.15) is 0 Å². The Morgan fingerprint density at radius 1 is 1.44 bits per heavy atom. The van der Waals surface area contributed by atoms with Crippen molar-refractivity contribution in [3.05, 3.63) is 0 Å². The van der Waals surface area contributed by atoms with Crippen LogP contribution in [-0.2, 0) is 4.79 Å². The van der Waals surface area contributed by atoms with Gasteiger partial charge in [-0.3, -0.25) is 4.79 Å². The minimum Gasteiger partial charge on any atom is -0.480 e. The molecule has 0 aromatic carbocycles. The number of carboxylic acids is 1. The maximum atomic E-state index is 9.96. The Labute approximate surface area is 65.4 Å². The molecule has 1 aliphatic carbocycles. The lowest BCUT2D eigenvalue weighted by Crippen LogP contribution is -2.31. The largest absolute Gasteiger partial charge is 0.480 e. The van der Waals surface area contributed by atoms with Gasteiger partial charge in [0.15, 0.2) is 0 Å². The smallest absolute Gasteiger partial charge is 0.323 e. The van der Waals surface area contributed by atoms with E-state index in [1.54, 1.807) is 0 Å². The molecule has 1 fully saturated rings. The summed E-state index contributed by atoms with van der Waals surface area (Å²) in [4.78, 5) is 9.96. The van der Waals surface area contributed by atoms with Gasteiger partial charge in [0.2, 0.25) is 0 Å². The molecule has 0 spiro atoms. The fourth-order valence-electron chi connectivity index (χ4n) is 0.349. The molecule has 1 rings (SSSR count). The lowest BCUT2D eigenvalue weighted by atomic mass is 10.3. The molecule has 3 N–H and O–H groups in total. The van der Waals surface area contributed by atoms with Gasteiger partial charge in [-0.1, -0.05) is 0 Å². The second-order valence-electron chi connectivity index (χ2n) is 1.96. The van der Waals surface area contributed by atoms with Gasteiger partial charge >= 0.3 is 5.97 Å². The predicted molar refractivity (Wildman–Crippen MR) is 38.3 cm³/mol. The van der Waals surface area contributed by atoms with E-state index in [-0.39, 0.29) is 24.8 Å². The van der Waals surface area contributed by atoms with Crippen molar-refractivity contribution in [3.8, 4) is 0 Å². The van der Waals surface area contributed by atoms with E-state index in [4.69, 9.17) is 10.8 Å². The molecule has 0 saturated heterocycles. The molecule has 0 bridgehead atoms. The first-order valence-corrected chi connectivity index (χ1v) is 2.17. The van der Waals surface area contributed by atoms with Crippen LogP contribution in [0.25, 0.3) is 0 Å². The number of nitrogens with two attached hydrogens (primary N) is 1. The van der Waals surface area contributed by atoms with Crippen molar-refractivity contribution in [1.82, 2.24) is 0 Å². The highest BCUT2D eigenvalue weighted by atomic mass is 35.5. The molecule has 1 saturated carbocycles. The highest BCUT2D eigenvalue weighted by molar-refractivity contribution is 5.85. The quantitative estimate of drug-likeness (QED) is 0.604. The predicted octanol–water partition coefficient (Wildman–Crippen LogP) is 0.406. The SMILES string of the molecule is Cl.Cl.NC1(C(=O)O)CC1. The van der Waals surface area contributed by atoms with Crippen molar-refractivity contribution in [2.75, 3.05) is 0 Å². The number of hydrogen-bond donors (Lipinski definition) is 2. The van der Waals surface area contributed by atoms with Crippen molar-refractivity contribution in [1.29, 1.82) is 0 Å². The number of aliphatic carboxylic acids is 1. The van der Waals surface area contributed by atoms with E-state index in [9.17, 15) is 4.79 Å². The van der Waals surface area contributed by atoms with Gasteiger partial charge in [-0.25, -0.2) is 0 Å². The molecule has 5 heteroatoms. The zero-order valence-electron chi connectivity index (χ0n) is 4.66. The van der Waals surface area contributed by atoms with E-state index in [1.165, 1.54) is 0 Å². The molecule has 0 aromatic rings. The number of hydrogen-bond acceptors (Lipinski definition) is 2. The zero-order valence-corrected chi connectivity index (χ0v) is 6.30. The van der Waals surface area contributed by atoms with Crippen LogP contribution in [0.4, 0.5) is 0 Å². The Balaban J connectivity index is 0. The van der Waals surface area contributed by atoms with Gasteiger partial charge in [-0.15, -0.1) is 24.8 Å². The third-order valence-corrected chi connectivity index (χ3v) is 1.21. The number of carboxylic acid groups (broad SMARTS) is 1. The van der Waals surface area contributed by atoms with Gasteiger partial charge < -0.3 is 10.8 Å². The topological polar surface area (TPSA) is 63.3 Å². The molecular weight excluding hydrogens is 165 g/mol. The Morgan fingerprint density at radius 3 is 1.78 bits per heavy atom. The highest BCUT2D eigenvalue weighted by Gasteiger charge is 2.46. The molecule has 0 aliphatic heterocycles. The minimum atomic E-state index is -0.868. The first-order chi connectivity index (χ1) is 3.15. The highest BCUT2D eigenvalue weighted by Crippen LogP contribution is 2.31. The van der Waals surface area contributed by atoms with Crippen LogP contribution in [0, 0.1) is 0 Å². The average molecular weight is 174 g/mol. The van der Waals surface area contributed by atoms with Crippen molar-refractivity contribution in [2.24, 2.45) is 5.73 Å². The Hall–Kier alpha value is 0.01000. The van der Waals surface area contributed by atoms with E-state index in [0.717, 1.165) is 0 Å². The molecule has 0 atom stereocenters. The van der Waals surface area contributed by atoms with Crippen LogP contribution in [0.15, 0.2) is 0 Å². The molecule has 56 valence electrons. The van der Waals surface area contributed by atoms with Crippen molar-refractivity contribution in [3.63, 3.8) is 0 Å². The van der Waals surface area contributed by atoms with E-state index < -0.39 is 11.5 Å². The molecule has 0 heterocycles. The van der Waals surface area contributed by atoms with E-state index in [2.05, 4.69) is 0 Å². The number of rotatable bonds is 1. The van der Waals surface area contributed by atoms with Crippen LogP contribution in [0.5, 0.6) is 0 Å². The molecule has 0 aromatic heterocycles. The molecule has 0 amide bonds. The second kappa shape index (κ2) is 3.25. The maximum Gasteiger partial charge on any atom is 0.323 e. The molecule has 3 nitrogen and oxygen atoms in total. The maximum absolute atomic E-state index is 9.96. The summed E-state index contributed by atoms with van der Waals surface area (Å²) in [6.07, 6.45) is 1.28. The summed E-state index contributed by atoms with van der Waals surface area (Å²) < 4.78 is 0. The third kappa shape index (κ3) is 2.39. The van der Waals surface area contributed by atoms with E-state index in [0.29, 0.717) is 12.8 Å². The first-order valence-electron chi connectivity index (χ1n) is 2.17. The Morgan fingerprint density at radius 2 is 1.78 bits per heavy atom. The fourth-order valence-corrected chi connectivity index (χ4v) is 0.349. The number of halogens is 2. The van der Waals surface area contributed by atoms with Crippen LogP contribution >= 0.6 is 24.8 Å². The molecule has 9 heavy (non-hydrogen) atoms. The third-order valence-electron chi connectivity index (χ3n) is 1.21. The Bertz CT molecular complexity index is 113. The van der Waals surface area contributed by atoms with Crippen molar-refractivity contribution < 1.29 is 9.90 Å². The summed E-state index contributed by atoms with van der Waals surface area (Å²) >= 11 is 0. The zero-order chi connectivity index (χ0) is 5.49. The van der Waals surface area contributed by atoms with E-state index in [1.807, 2.05) is 0 Å². The van der Waals surface area contributed by atoms with Gasteiger partial charge in [0, 0.05) is 0 Å². The summed E-state index contributed by atoms with van der Waals surface area (Å²) in [5.41, 5.74) is 4.36. The van der Waals surface area contributed by atoms with Gasteiger partial charge in [0.25, 0.3) is 0 Å². The van der Waals surface area contributed by atoms with Crippen molar-refractivity contribution >= 4 is 30.8 Å². The summed E-state index contributed by atoms with van der Waals surface area (Å²) in [5.74, 6) is -0.868. The molecular formula is C4H9Cl2NO2. The van der Waals surface area contributed by atoms with Crippen LogP contribution in [0.2, 0.25) is 0 Å². The van der Waals surface area contributed by atoms with Crippen LogP contribution in [0.1, 0.15) is 12.8 Å². The summed E-state index contributed by atoms with van der Waals surface area (Å²) in [6, 6.07) is 0. The normalized spacial score (nSPS) is 18.8. The van der Waals surface area contributed by atoms with Crippen LogP contribution < -0.4 is 5.73 Å². The van der Waals surface area contributed by atoms with E-state index >= 15 is 0 Å². The van der Waals surface area contributed by atoms with Crippen molar-refractivity contribution in [2.45, 2.75) is 18.4 Å². The summed E-state index contributed by atoms with van der Waals surface area (Å²) in [5, 5.41) is 8.19. The first kappa shape index (κ1) is 11.8. The lowest BCUT2D eigenvalue weighted by Gasteiger charge is -1.95. The fraction of sp³-hybridized carbons (Fsp3) is 0.750. The van der Waals surface area contributed by atoms with Gasteiger partial charge in [0.1, 0.15) is 5.54 Å². The monoisotopic (exact) mass is 173 g/mol. The van der Waals surface area contributed by atoms with Crippen LogP contribution in [0.3, 0.4) is 0 Å². The Kier molecular flexibility index (Phi) is 4.24. The molecule has 0 radical (unpaired) electrons. The lowest BCUT2D eigenvalue weighted by molar-refractivity contribution is -0.139. The summed E-state index contributed by atoms with van der Waals surface area (Å²) in [7, 11) is 0. The molecule has 0 unspecified atom stereocenters. The molecule has 1 aliphatic rings. The second-order valence-corrected chi connectivity index (χ2v) is 1.96. The van der Waals surface area contributed by atoms with Gasteiger partial charge in [0.05, 0.1) is 0 Å². The standard InChI is InChI=1S/C4H7NO2.2ClH/c5-4(1-2-4)3(6)7;;/h1-2,5H2,(H,6,7);2*1H. The van der Waals surface area contributed by atoms with Gasteiger partial charge in [-0.05, 0) is 12.8 Å².